The van der Waals surface area contributed by atoms with Crippen LogP contribution in [-0.2, 0) is 21.4 Å². The van der Waals surface area contributed by atoms with Crippen molar-refractivity contribution in [1.82, 2.24) is 9.71 Å². The molecule has 1 aromatic heterocycles. The van der Waals surface area contributed by atoms with Gasteiger partial charge in [-0.25, -0.2) is 13.1 Å². The largest absolute Gasteiger partial charge is 0.480 e. The van der Waals surface area contributed by atoms with Crippen molar-refractivity contribution in [3.8, 4) is 0 Å². The fourth-order valence-electron chi connectivity index (χ4n) is 0.910. The first-order valence-corrected chi connectivity index (χ1v) is 5.73. The highest BCUT2D eigenvalue weighted by molar-refractivity contribution is 7.90. The van der Waals surface area contributed by atoms with Crippen LogP contribution in [0.2, 0.25) is 0 Å². The highest BCUT2D eigenvalue weighted by Gasteiger charge is 2.14. The van der Waals surface area contributed by atoms with Gasteiger partial charge < -0.3 is 5.11 Å². The molecule has 0 radical (unpaired) electrons. The number of aromatic nitrogens is 1. The van der Waals surface area contributed by atoms with Crippen molar-refractivity contribution in [3.63, 3.8) is 0 Å². The first kappa shape index (κ1) is 11.6. The molecule has 0 aromatic carbocycles. The number of nitrogens with one attached hydrogen (secondary N) is 1. The minimum Gasteiger partial charge on any atom is -0.480 e. The third-order valence-corrected chi connectivity index (χ3v) is 2.74. The third-order valence-electron chi connectivity index (χ3n) is 1.53. The van der Waals surface area contributed by atoms with Gasteiger partial charge in [0, 0.05) is 18.9 Å². The Labute approximate surface area is 87.0 Å². The number of rotatable bonds is 5. The highest BCUT2D eigenvalue weighted by atomic mass is 32.2. The summed E-state index contributed by atoms with van der Waals surface area (Å²) in [6, 6.07) is 3.36. The van der Waals surface area contributed by atoms with E-state index in [0.717, 1.165) is 0 Å². The molecule has 1 aromatic rings. The van der Waals surface area contributed by atoms with Crippen LogP contribution in [0.1, 0.15) is 5.56 Å². The zero-order valence-corrected chi connectivity index (χ0v) is 8.57. The molecule has 0 spiro atoms. The molecule has 6 nitrogen and oxygen atoms in total. The maximum Gasteiger partial charge on any atom is 0.320 e. The molecule has 2 N–H and O–H groups in total. The molecule has 15 heavy (non-hydrogen) atoms. The normalized spacial score (nSPS) is 11.2. The van der Waals surface area contributed by atoms with E-state index in [-0.39, 0.29) is 6.54 Å². The van der Waals surface area contributed by atoms with Gasteiger partial charge in [-0.1, -0.05) is 6.07 Å². The number of sulfonamides is 1. The van der Waals surface area contributed by atoms with E-state index < -0.39 is 21.7 Å². The van der Waals surface area contributed by atoms with Gasteiger partial charge in [0.05, 0.1) is 0 Å². The zero-order chi connectivity index (χ0) is 11.3. The molecule has 0 unspecified atom stereocenters. The molecule has 0 aliphatic rings. The molecule has 0 fully saturated rings. The minimum absolute atomic E-state index is 0.0451. The Morgan fingerprint density at radius 3 is 2.80 bits per heavy atom. The molecular weight excluding hydrogens is 220 g/mol. The quantitative estimate of drug-likeness (QED) is 0.716. The number of carboxylic acid groups (broad SMARTS) is 1. The van der Waals surface area contributed by atoms with E-state index in [1.807, 2.05) is 0 Å². The summed E-state index contributed by atoms with van der Waals surface area (Å²) in [7, 11) is -3.76. The number of aliphatic carboxylic acids is 1. The molecule has 0 atom stereocenters. The lowest BCUT2D eigenvalue weighted by Gasteiger charge is -2.03. The minimum atomic E-state index is -3.76. The van der Waals surface area contributed by atoms with Crippen LogP contribution in [-0.4, -0.2) is 30.2 Å². The van der Waals surface area contributed by atoms with Gasteiger partial charge in [-0.2, -0.15) is 0 Å². The summed E-state index contributed by atoms with van der Waals surface area (Å²) < 4.78 is 24.4. The monoisotopic (exact) mass is 230 g/mol. The van der Waals surface area contributed by atoms with Crippen molar-refractivity contribution in [2.75, 3.05) is 5.75 Å². The van der Waals surface area contributed by atoms with Crippen LogP contribution in [0.25, 0.3) is 0 Å². The zero-order valence-electron chi connectivity index (χ0n) is 7.75. The van der Waals surface area contributed by atoms with Crippen LogP contribution >= 0.6 is 0 Å². The number of pyridine rings is 1. The number of carbonyl (C=O) groups is 1. The Morgan fingerprint density at radius 2 is 2.27 bits per heavy atom. The molecule has 0 bridgehead atoms. The summed E-state index contributed by atoms with van der Waals surface area (Å²) in [6.07, 6.45) is 3.07. The maximum absolute atomic E-state index is 11.1. The summed E-state index contributed by atoms with van der Waals surface area (Å²) in [6.45, 7) is 0.0451. The summed E-state index contributed by atoms with van der Waals surface area (Å²) in [5.41, 5.74) is 0.673. The smallest absolute Gasteiger partial charge is 0.320 e. The Balaban J connectivity index is 2.54. The lowest BCUT2D eigenvalue weighted by atomic mass is 10.3. The van der Waals surface area contributed by atoms with Gasteiger partial charge in [-0.3, -0.25) is 9.78 Å². The lowest BCUT2D eigenvalue weighted by molar-refractivity contribution is -0.134. The van der Waals surface area contributed by atoms with E-state index in [9.17, 15) is 13.2 Å². The van der Waals surface area contributed by atoms with E-state index in [0.29, 0.717) is 5.56 Å². The number of carboxylic acids is 1. The van der Waals surface area contributed by atoms with Crippen molar-refractivity contribution < 1.29 is 18.3 Å². The van der Waals surface area contributed by atoms with Gasteiger partial charge in [-0.05, 0) is 11.6 Å². The second-order valence-electron chi connectivity index (χ2n) is 2.84. The number of nitrogens with zero attached hydrogens (tertiary/aromatic N) is 1. The molecule has 7 heteroatoms. The SMILES string of the molecule is O=C(O)CS(=O)(=O)NCc1cccnc1. The molecule has 1 heterocycles. The second-order valence-corrected chi connectivity index (χ2v) is 4.64. The third kappa shape index (κ3) is 4.52. The Kier molecular flexibility index (Phi) is 3.75. The van der Waals surface area contributed by atoms with E-state index in [1.54, 1.807) is 18.3 Å². The van der Waals surface area contributed by atoms with Crippen LogP contribution in [0.15, 0.2) is 24.5 Å². The average Bonchev–Trinajstić information content (AvgIpc) is 2.15. The van der Waals surface area contributed by atoms with Gasteiger partial charge in [0.15, 0.2) is 5.75 Å². The topological polar surface area (TPSA) is 96.4 Å². The van der Waals surface area contributed by atoms with Gasteiger partial charge in [0.25, 0.3) is 0 Å². The Bertz CT molecular complexity index is 429. The molecule has 0 saturated heterocycles. The van der Waals surface area contributed by atoms with Gasteiger partial charge >= 0.3 is 5.97 Å². The van der Waals surface area contributed by atoms with Crippen molar-refractivity contribution in [2.45, 2.75) is 6.54 Å². The molecule has 0 aliphatic carbocycles. The van der Waals surface area contributed by atoms with Crippen LogP contribution in [0.5, 0.6) is 0 Å². The fourth-order valence-corrected chi connectivity index (χ4v) is 1.72. The summed E-state index contributed by atoms with van der Waals surface area (Å²) >= 11 is 0. The van der Waals surface area contributed by atoms with Crippen molar-refractivity contribution in [3.05, 3.63) is 30.1 Å². The van der Waals surface area contributed by atoms with Gasteiger partial charge in [0.2, 0.25) is 10.0 Å². The number of hydrogen-bond acceptors (Lipinski definition) is 4. The maximum atomic E-state index is 11.1. The van der Waals surface area contributed by atoms with Gasteiger partial charge in [0.1, 0.15) is 0 Å². The fraction of sp³-hybridized carbons (Fsp3) is 0.250. The van der Waals surface area contributed by atoms with E-state index in [4.69, 9.17) is 5.11 Å². The summed E-state index contributed by atoms with van der Waals surface area (Å²) in [5.74, 6) is -2.30. The number of hydrogen-bond donors (Lipinski definition) is 2. The average molecular weight is 230 g/mol. The molecule has 0 aliphatic heterocycles. The highest BCUT2D eigenvalue weighted by Crippen LogP contribution is 1.96. The predicted molar refractivity (Wildman–Crippen MR) is 52.5 cm³/mol. The summed E-state index contributed by atoms with van der Waals surface area (Å²) in [5, 5.41) is 8.31. The summed E-state index contributed by atoms with van der Waals surface area (Å²) in [4.78, 5) is 14.0. The Hall–Kier alpha value is -1.47. The molecule has 0 saturated carbocycles. The lowest BCUT2D eigenvalue weighted by Crippen LogP contribution is -2.29. The first-order chi connectivity index (χ1) is 6.99. The van der Waals surface area contributed by atoms with Crippen LogP contribution in [0.4, 0.5) is 0 Å². The Morgan fingerprint density at radius 1 is 1.53 bits per heavy atom. The second kappa shape index (κ2) is 4.85. The van der Waals surface area contributed by atoms with E-state index in [2.05, 4.69) is 9.71 Å². The van der Waals surface area contributed by atoms with Crippen molar-refractivity contribution >= 4 is 16.0 Å². The van der Waals surface area contributed by atoms with Crippen molar-refractivity contribution in [2.24, 2.45) is 0 Å². The molecule has 0 amide bonds. The standard InChI is InChI=1S/C8H10N2O4S/c11-8(12)6-15(13,14)10-5-7-2-1-3-9-4-7/h1-4,10H,5-6H2,(H,11,12). The molecule has 1 rings (SSSR count). The first-order valence-electron chi connectivity index (χ1n) is 4.07. The van der Waals surface area contributed by atoms with E-state index in [1.165, 1.54) is 6.20 Å². The van der Waals surface area contributed by atoms with E-state index >= 15 is 0 Å². The van der Waals surface area contributed by atoms with Crippen LogP contribution in [0, 0.1) is 0 Å². The van der Waals surface area contributed by atoms with Crippen LogP contribution < -0.4 is 4.72 Å². The molecule has 82 valence electrons. The van der Waals surface area contributed by atoms with Crippen molar-refractivity contribution in [1.29, 1.82) is 0 Å². The predicted octanol–water partition coefficient (Wildman–Crippen LogP) is -0.414. The van der Waals surface area contributed by atoms with Gasteiger partial charge in [-0.15, -0.1) is 0 Å². The molecular formula is C8H10N2O4S. The van der Waals surface area contributed by atoms with Crippen LogP contribution in [0.3, 0.4) is 0 Å².